The molecule has 0 saturated heterocycles. The molecule has 94 valence electrons. The molecule has 1 aliphatic rings. The third-order valence-electron chi connectivity index (χ3n) is 3.39. The Bertz CT molecular complexity index is 381. The van der Waals surface area contributed by atoms with Crippen molar-refractivity contribution < 1.29 is 4.74 Å². The Morgan fingerprint density at radius 2 is 2.24 bits per heavy atom. The first-order chi connectivity index (χ1) is 8.22. The first-order valence-electron chi connectivity index (χ1n) is 6.44. The first-order valence-corrected chi connectivity index (χ1v) is 6.44. The van der Waals surface area contributed by atoms with Gasteiger partial charge >= 0.3 is 0 Å². The molecule has 0 bridgehead atoms. The molecule has 2 unspecified atom stereocenters. The van der Waals surface area contributed by atoms with E-state index in [4.69, 9.17) is 10.5 Å². The zero-order valence-corrected chi connectivity index (χ0v) is 10.6. The second-order valence-corrected chi connectivity index (χ2v) is 4.68. The van der Waals surface area contributed by atoms with E-state index in [1.54, 1.807) is 0 Å². The maximum Gasteiger partial charge on any atom is 0.217 e. The lowest BCUT2D eigenvalue weighted by Gasteiger charge is -2.19. The zero-order chi connectivity index (χ0) is 12.3. The predicted octanol–water partition coefficient (Wildman–Crippen LogP) is 1.85. The number of aromatic nitrogens is 2. The molecule has 2 atom stereocenters. The Morgan fingerprint density at radius 1 is 1.41 bits per heavy atom. The molecule has 0 amide bonds. The first kappa shape index (κ1) is 12.3. The summed E-state index contributed by atoms with van der Waals surface area (Å²) >= 11 is 0. The van der Waals surface area contributed by atoms with Gasteiger partial charge in [-0.25, -0.2) is 4.98 Å². The average Bonchev–Trinajstić information content (AvgIpc) is 2.75. The molecule has 0 radical (unpaired) electrons. The Labute approximate surface area is 103 Å². The van der Waals surface area contributed by atoms with Gasteiger partial charge in [0.15, 0.2) is 0 Å². The molecule has 2 rings (SSSR count). The minimum atomic E-state index is 0.235. The second-order valence-electron chi connectivity index (χ2n) is 4.68. The molecule has 4 nitrogen and oxygen atoms in total. The predicted molar refractivity (Wildman–Crippen MR) is 67.0 cm³/mol. The summed E-state index contributed by atoms with van der Waals surface area (Å²) < 4.78 is 5.97. The number of rotatable bonds is 4. The summed E-state index contributed by atoms with van der Waals surface area (Å²) in [5.41, 5.74) is 6.79. The van der Waals surface area contributed by atoms with E-state index in [0.717, 1.165) is 24.4 Å². The van der Waals surface area contributed by atoms with Crippen LogP contribution in [0.3, 0.4) is 0 Å². The monoisotopic (exact) mass is 235 g/mol. The van der Waals surface area contributed by atoms with Gasteiger partial charge in [0.1, 0.15) is 11.9 Å². The van der Waals surface area contributed by atoms with Gasteiger partial charge in [-0.1, -0.05) is 6.92 Å². The molecule has 0 aromatic carbocycles. The van der Waals surface area contributed by atoms with Crippen molar-refractivity contribution in [2.24, 2.45) is 11.7 Å². The van der Waals surface area contributed by atoms with Crippen LogP contribution in [-0.4, -0.2) is 22.6 Å². The summed E-state index contributed by atoms with van der Waals surface area (Å²) in [4.78, 5) is 8.69. The van der Waals surface area contributed by atoms with Crippen LogP contribution in [0, 0.1) is 12.8 Å². The largest absolute Gasteiger partial charge is 0.474 e. The van der Waals surface area contributed by atoms with Gasteiger partial charge < -0.3 is 10.5 Å². The standard InChI is InChI=1S/C13H21N3O/c1-3-11-7-13(16-9(2)15-11)17-12-6-4-5-10(12)8-14/h7,10,12H,3-6,8,14H2,1-2H3. The smallest absolute Gasteiger partial charge is 0.217 e. The summed E-state index contributed by atoms with van der Waals surface area (Å²) in [7, 11) is 0. The molecule has 1 fully saturated rings. The quantitative estimate of drug-likeness (QED) is 0.865. The number of aryl methyl sites for hydroxylation is 2. The van der Waals surface area contributed by atoms with Crippen molar-refractivity contribution in [1.29, 1.82) is 0 Å². The highest BCUT2D eigenvalue weighted by atomic mass is 16.5. The van der Waals surface area contributed by atoms with E-state index < -0.39 is 0 Å². The normalized spacial score (nSPS) is 23.9. The van der Waals surface area contributed by atoms with Gasteiger partial charge in [0.25, 0.3) is 0 Å². The third kappa shape index (κ3) is 2.94. The van der Waals surface area contributed by atoms with Crippen molar-refractivity contribution in [2.45, 2.75) is 45.6 Å². The van der Waals surface area contributed by atoms with Crippen LogP contribution in [0.25, 0.3) is 0 Å². The fourth-order valence-electron chi connectivity index (χ4n) is 2.42. The summed E-state index contributed by atoms with van der Waals surface area (Å²) in [5.74, 6) is 1.97. The van der Waals surface area contributed by atoms with Crippen molar-refractivity contribution in [3.05, 3.63) is 17.6 Å². The van der Waals surface area contributed by atoms with Crippen molar-refractivity contribution in [3.8, 4) is 5.88 Å². The van der Waals surface area contributed by atoms with E-state index in [1.807, 2.05) is 13.0 Å². The maximum atomic E-state index is 5.97. The van der Waals surface area contributed by atoms with Gasteiger partial charge in [0.05, 0.1) is 0 Å². The third-order valence-corrected chi connectivity index (χ3v) is 3.39. The van der Waals surface area contributed by atoms with Crippen LogP contribution in [0.5, 0.6) is 5.88 Å². The van der Waals surface area contributed by atoms with Crippen LogP contribution in [0.1, 0.15) is 37.7 Å². The fourth-order valence-corrected chi connectivity index (χ4v) is 2.42. The van der Waals surface area contributed by atoms with Crippen LogP contribution in [0.4, 0.5) is 0 Å². The lowest BCUT2D eigenvalue weighted by atomic mass is 10.1. The van der Waals surface area contributed by atoms with Gasteiger partial charge in [-0.05, 0) is 39.2 Å². The van der Waals surface area contributed by atoms with Gasteiger partial charge in [0, 0.05) is 17.7 Å². The Kier molecular flexibility index (Phi) is 3.94. The summed E-state index contributed by atoms with van der Waals surface area (Å²) in [5, 5.41) is 0. The molecule has 0 aliphatic heterocycles. The minimum absolute atomic E-state index is 0.235. The topological polar surface area (TPSA) is 61.0 Å². The Morgan fingerprint density at radius 3 is 2.94 bits per heavy atom. The molecule has 1 aromatic rings. The van der Waals surface area contributed by atoms with E-state index in [2.05, 4.69) is 16.9 Å². The van der Waals surface area contributed by atoms with Gasteiger partial charge in [-0.3, -0.25) is 0 Å². The lowest BCUT2D eigenvalue weighted by molar-refractivity contribution is 0.155. The minimum Gasteiger partial charge on any atom is -0.474 e. The van der Waals surface area contributed by atoms with Crippen molar-refractivity contribution in [3.63, 3.8) is 0 Å². The zero-order valence-electron chi connectivity index (χ0n) is 10.6. The van der Waals surface area contributed by atoms with Gasteiger partial charge in [0.2, 0.25) is 5.88 Å². The molecule has 17 heavy (non-hydrogen) atoms. The van der Waals surface area contributed by atoms with Crippen LogP contribution >= 0.6 is 0 Å². The summed E-state index contributed by atoms with van der Waals surface area (Å²) in [6.45, 7) is 4.69. The average molecular weight is 235 g/mol. The molecule has 1 aromatic heterocycles. The highest BCUT2D eigenvalue weighted by molar-refractivity contribution is 5.16. The van der Waals surface area contributed by atoms with Gasteiger partial charge in [-0.15, -0.1) is 0 Å². The second kappa shape index (κ2) is 5.45. The van der Waals surface area contributed by atoms with Crippen LogP contribution in [0.2, 0.25) is 0 Å². The molecular formula is C13H21N3O. The fraction of sp³-hybridized carbons (Fsp3) is 0.692. The lowest BCUT2D eigenvalue weighted by Crippen LogP contribution is -2.28. The van der Waals surface area contributed by atoms with Gasteiger partial charge in [-0.2, -0.15) is 4.98 Å². The Balaban J connectivity index is 2.09. The highest BCUT2D eigenvalue weighted by Crippen LogP contribution is 2.28. The number of ether oxygens (including phenoxy) is 1. The molecular weight excluding hydrogens is 214 g/mol. The highest BCUT2D eigenvalue weighted by Gasteiger charge is 2.28. The van der Waals surface area contributed by atoms with Crippen LogP contribution in [-0.2, 0) is 6.42 Å². The molecule has 1 aliphatic carbocycles. The van der Waals surface area contributed by atoms with E-state index >= 15 is 0 Å². The van der Waals surface area contributed by atoms with Crippen LogP contribution in [0.15, 0.2) is 6.07 Å². The number of nitrogens with zero attached hydrogens (tertiary/aromatic N) is 2. The van der Waals surface area contributed by atoms with E-state index in [1.165, 1.54) is 12.8 Å². The maximum absolute atomic E-state index is 5.97. The van der Waals surface area contributed by atoms with Crippen LogP contribution < -0.4 is 10.5 Å². The van der Waals surface area contributed by atoms with Crippen molar-refractivity contribution in [1.82, 2.24) is 9.97 Å². The summed E-state index contributed by atoms with van der Waals surface area (Å²) in [6, 6.07) is 1.94. The Hall–Kier alpha value is -1.16. The number of nitrogens with two attached hydrogens (primary N) is 1. The summed E-state index contributed by atoms with van der Waals surface area (Å²) in [6.07, 6.45) is 4.61. The van der Waals surface area contributed by atoms with Crippen molar-refractivity contribution >= 4 is 0 Å². The molecule has 2 N–H and O–H groups in total. The number of hydrogen-bond donors (Lipinski definition) is 1. The number of hydrogen-bond acceptors (Lipinski definition) is 4. The van der Waals surface area contributed by atoms with E-state index in [0.29, 0.717) is 18.3 Å². The van der Waals surface area contributed by atoms with Crippen molar-refractivity contribution in [2.75, 3.05) is 6.54 Å². The molecule has 0 spiro atoms. The van der Waals surface area contributed by atoms with E-state index in [9.17, 15) is 0 Å². The molecule has 1 saturated carbocycles. The molecule has 1 heterocycles. The van der Waals surface area contributed by atoms with E-state index in [-0.39, 0.29) is 6.10 Å². The molecule has 4 heteroatoms. The SMILES string of the molecule is CCc1cc(OC2CCCC2CN)nc(C)n1.